The van der Waals surface area contributed by atoms with Gasteiger partial charge in [0.15, 0.2) is 0 Å². The number of nitriles is 1. The lowest BCUT2D eigenvalue weighted by Gasteiger charge is -2.19. The summed E-state index contributed by atoms with van der Waals surface area (Å²) in [6.45, 7) is 7.11. The third-order valence-electron chi connectivity index (χ3n) is 10.1. The molecule has 0 radical (unpaired) electrons. The first kappa shape index (κ1) is 42.1. The summed E-state index contributed by atoms with van der Waals surface area (Å²) in [6.07, 6.45) is 2.09. The number of halogens is 2. The molecule has 1 saturated heterocycles. The number of nitrogens with zero attached hydrogens (tertiary/aromatic N) is 3. The summed E-state index contributed by atoms with van der Waals surface area (Å²) in [6, 6.07) is 23.9. The number of carbonyl (C=O) groups is 1. The zero-order valence-electron chi connectivity index (χ0n) is 32.4. The SMILES string of the molecule is Cc1c(COc2cc(OCc3cncc(C#N)c3)c(CNC[C@@H](O)CC(=O)O)cc2Cl)cc(F)cc1-c1cccc(-c2ccc(OCCN3CC[C@@H](O)C3)cc2)c1C. The second-order valence-electron chi connectivity index (χ2n) is 14.4. The number of ether oxygens (including phenoxy) is 3. The number of β-amino-alcohol motifs (C(OH)–C–C–N with tert-alkyl or cyclic N) is 1. The summed E-state index contributed by atoms with van der Waals surface area (Å²) in [7, 11) is 0. The van der Waals surface area contributed by atoms with Gasteiger partial charge in [-0.1, -0.05) is 41.9 Å². The second kappa shape index (κ2) is 19.7. The highest BCUT2D eigenvalue weighted by Crippen LogP contribution is 2.37. The largest absolute Gasteiger partial charge is 0.492 e. The monoisotopic (exact) mass is 808 g/mol. The molecular formula is C45H46ClFN4O7. The lowest BCUT2D eigenvalue weighted by Crippen LogP contribution is -2.28. The van der Waals surface area contributed by atoms with E-state index in [4.69, 9.17) is 30.9 Å². The van der Waals surface area contributed by atoms with Gasteiger partial charge in [0.25, 0.3) is 0 Å². The normalized spacial score (nSPS) is 14.5. The average Bonchev–Trinajstić information content (AvgIpc) is 3.62. The van der Waals surface area contributed by atoms with Crippen LogP contribution in [-0.4, -0.2) is 76.2 Å². The minimum atomic E-state index is -1.11. The van der Waals surface area contributed by atoms with Crippen molar-refractivity contribution >= 4 is 17.6 Å². The van der Waals surface area contributed by atoms with Crippen LogP contribution in [0.25, 0.3) is 22.3 Å². The molecule has 58 heavy (non-hydrogen) atoms. The molecule has 2 heterocycles. The van der Waals surface area contributed by atoms with E-state index in [1.54, 1.807) is 24.4 Å². The Morgan fingerprint density at radius 1 is 0.983 bits per heavy atom. The van der Waals surface area contributed by atoms with Crippen molar-refractivity contribution in [3.05, 3.63) is 129 Å². The zero-order valence-corrected chi connectivity index (χ0v) is 33.1. The molecule has 13 heteroatoms. The molecule has 0 amide bonds. The van der Waals surface area contributed by atoms with Crippen molar-refractivity contribution in [2.45, 2.75) is 58.7 Å². The predicted molar refractivity (Wildman–Crippen MR) is 218 cm³/mol. The van der Waals surface area contributed by atoms with Crippen molar-refractivity contribution in [3.63, 3.8) is 0 Å². The van der Waals surface area contributed by atoms with E-state index in [9.17, 15) is 20.3 Å². The van der Waals surface area contributed by atoms with Crippen LogP contribution in [0, 0.1) is 31.0 Å². The minimum absolute atomic E-state index is 0.00140. The zero-order chi connectivity index (χ0) is 41.2. The minimum Gasteiger partial charge on any atom is -0.492 e. The Balaban J connectivity index is 1.18. The van der Waals surface area contributed by atoms with Gasteiger partial charge >= 0.3 is 5.97 Å². The molecule has 0 spiro atoms. The van der Waals surface area contributed by atoms with Crippen LogP contribution in [0.3, 0.4) is 0 Å². The molecule has 6 rings (SSSR count). The van der Waals surface area contributed by atoms with Gasteiger partial charge < -0.3 is 34.8 Å². The molecule has 0 bridgehead atoms. The maximum absolute atomic E-state index is 15.4. The van der Waals surface area contributed by atoms with Crippen molar-refractivity contribution in [2.75, 3.05) is 32.8 Å². The molecule has 2 atom stereocenters. The number of rotatable bonds is 18. The summed E-state index contributed by atoms with van der Waals surface area (Å²) < 4.78 is 33.7. The van der Waals surface area contributed by atoms with Gasteiger partial charge in [0.1, 0.15) is 49.0 Å². The van der Waals surface area contributed by atoms with Gasteiger partial charge in [-0.25, -0.2) is 4.39 Å². The Labute approximate surface area is 342 Å². The molecule has 1 aliphatic heterocycles. The molecule has 0 aliphatic carbocycles. The van der Waals surface area contributed by atoms with Crippen LogP contribution in [0.4, 0.5) is 4.39 Å². The van der Waals surface area contributed by atoms with Crippen LogP contribution in [0.2, 0.25) is 5.02 Å². The molecule has 11 nitrogen and oxygen atoms in total. The van der Waals surface area contributed by atoms with E-state index in [1.165, 1.54) is 18.3 Å². The lowest BCUT2D eigenvalue weighted by molar-refractivity contribution is -0.139. The molecule has 0 saturated carbocycles. The number of pyridine rings is 1. The summed E-state index contributed by atoms with van der Waals surface area (Å²) in [5.74, 6) is -0.0677. The number of aliphatic carboxylic acids is 1. The van der Waals surface area contributed by atoms with Crippen molar-refractivity contribution in [1.82, 2.24) is 15.2 Å². The highest BCUT2D eigenvalue weighted by Gasteiger charge is 2.20. The van der Waals surface area contributed by atoms with Crippen molar-refractivity contribution in [2.24, 2.45) is 0 Å². The first-order chi connectivity index (χ1) is 28.0. The molecule has 1 fully saturated rings. The van der Waals surface area contributed by atoms with E-state index in [1.807, 2.05) is 56.3 Å². The highest BCUT2D eigenvalue weighted by atomic mass is 35.5. The number of nitrogens with one attached hydrogen (secondary N) is 1. The maximum Gasteiger partial charge on any atom is 0.306 e. The van der Waals surface area contributed by atoms with Crippen LogP contribution in [-0.2, 0) is 24.6 Å². The van der Waals surface area contributed by atoms with Gasteiger partial charge in [0.2, 0.25) is 0 Å². The van der Waals surface area contributed by atoms with Crippen LogP contribution < -0.4 is 19.5 Å². The maximum atomic E-state index is 15.4. The number of hydrogen-bond acceptors (Lipinski definition) is 10. The Morgan fingerprint density at radius 3 is 2.50 bits per heavy atom. The lowest BCUT2D eigenvalue weighted by atomic mass is 9.89. The first-order valence-electron chi connectivity index (χ1n) is 19.0. The van der Waals surface area contributed by atoms with Crippen LogP contribution in [0.1, 0.15) is 46.2 Å². The molecular weight excluding hydrogens is 763 g/mol. The molecule has 4 N–H and O–H groups in total. The van der Waals surface area contributed by atoms with E-state index in [-0.39, 0.29) is 37.4 Å². The van der Waals surface area contributed by atoms with Gasteiger partial charge in [-0.2, -0.15) is 5.26 Å². The molecule has 0 unspecified atom stereocenters. The number of aliphatic hydroxyl groups is 2. The van der Waals surface area contributed by atoms with Crippen LogP contribution in [0.15, 0.2) is 85.2 Å². The van der Waals surface area contributed by atoms with Crippen molar-refractivity contribution in [1.29, 1.82) is 5.26 Å². The Morgan fingerprint density at radius 2 is 1.76 bits per heavy atom. The summed E-state index contributed by atoms with van der Waals surface area (Å²) in [5.41, 5.74) is 7.75. The van der Waals surface area contributed by atoms with Gasteiger partial charge in [0.05, 0.1) is 29.2 Å². The fraction of sp³-hybridized carbons (Fsp3) is 0.311. The third-order valence-corrected chi connectivity index (χ3v) is 10.4. The molecule has 5 aromatic rings. The fourth-order valence-electron chi connectivity index (χ4n) is 6.99. The predicted octanol–water partition coefficient (Wildman–Crippen LogP) is 7.23. The number of aromatic nitrogens is 1. The molecule has 4 aromatic carbocycles. The van der Waals surface area contributed by atoms with Gasteiger partial charge in [-0.05, 0) is 95.6 Å². The van der Waals surface area contributed by atoms with E-state index in [0.717, 1.165) is 58.6 Å². The Kier molecular flexibility index (Phi) is 14.3. The molecule has 302 valence electrons. The summed E-state index contributed by atoms with van der Waals surface area (Å²) in [4.78, 5) is 17.3. The molecule has 1 aromatic heterocycles. The topological polar surface area (TPSA) is 157 Å². The number of hydrogen-bond donors (Lipinski definition) is 4. The van der Waals surface area contributed by atoms with E-state index in [2.05, 4.69) is 21.3 Å². The van der Waals surface area contributed by atoms with Crippen molar-refractivity contribution < 1.29 is 38.7 Å². The Bertz CT molecular complexity index is 2270. The van der Waals surface area contributed by atoms with Crippen molar-refractivity contribution in [3.8, 4) is 45.6 Å². The van der Waals surface area contributed by atoms with Gasteiger partial charge in [-0.15, -0.1) is 0 Å². The smallest absolute Gasteiger partial charge is 0.306 e. The van der Waals surface area contributed by atoms with Crippen LogP contribution in [0.5, 0.6) is 17.2 Å². The Hall–Kier alpha value is -5.55. The number of likely N-dealkylation sites (tertiary alicyclic amines) is 1. The molecule has 1 aliphatic rings. The number of carboxylic acids is 1. The van der Waals surface area contributed by atoms with Crippen LogP contribution >= 0.6 is 11.6 Å². The summed E-state index contributed by atoms with van der Waals surface area (Å²) >= 11 is 6.72. The number of carboxylic acid groups (broad SMARTS) is 1. The number of benzene rings is 4. The highest BCUT2D eigenvalue weighted by molar-refractivity contribution is 6.32. The second-order valence-corrected chi connectivity index (χ2v) is 14.8. The van der Waals surface area contributed by atoms with Gasteiger partial charge in [0, 0.05) is 62.3 Å². The first-order valence-corrected chi connectivity index (χ1v) is 19.4. The standard InChI is InChI=1S/C45H46ClFN4O7/c1-28-34(27-58-44-19-43(57-26-31-14-30(20-48)21-49-22-31)33(16-42(44)46)23-50-24-37(53)18-45(54)55)15-35(47)17-41(28)40-5-3-4-39(29(40)2)32-6-8-38(9-7-32)56-13-12-51-11-10-36(52)25-51/h3-9,14-17,19,21-22,36-37,50,52-53H,10-13,18,23-27H2,1-2H3,(H,54,55)/t36-,37+/m1/s1. The quantitative estimate of drug-likeness (QED) is 0.0709. The number of aliphatic hydroxyl groups excluding tert-OH is 2. The summed E-state index contributed by atoms with van der Waals surface area (Å²) in [5, 5.41) is 41.4. The van der Waals surface area contributed by atoms with E-state index in [0.29, 0.717) is 46.9 Å². The average molecular weight is 809 g/mol. The fourth-order valence-corrected chi connectivity index (χ4v) is 7.24. The van der Waals surface area contributed by atoms with E-state index < -0.39 is 24.3 Å². The van der Waals surface area contributed by atoms with E-state index >= 15 is 4.39 Å². The van der Waals surface area contributed by atoms with Gasteiger partial charge in [-0.3, -0.25) is 14.7 Å². The third kappa shape index (κ3) is 11.1.